The topological polar surface area (TPSA) is 45.5 Å². The van der Waals surface area contributed by atoms with Gasteiger partial charge in [0.25, 0.3) is 0 Å². The normalized spacial score (nSPS) is 12.1. The van der Waals surface area contributed by atoms with E-state index in [1.807, 2.05) is 38.1 Å². The molecular weight excluding hydrogens is 216 g/mol. The van der Waals surface area contributed by atoms with Crippen molar-refractivity contribution in [2.24, 2.45) is 0 Å². The monoisotopic (exact) mass is 234 g/mol. The number of rotatable bonds is 4. The Morgan fingerprint density at radius 2 is 1.76 bits per heavy atom. The van der Waals surface area contributed by atoms with Gasteiger partial charge in [0.15, 0.2) is 0 Å². The summed E-state index contributed by atoms with van der Waals surface area (Å²) in [5.74, 6) is 1.48. The van der Waals surface area contributed by atoms with Crippen LogP contribution in [0.15, 0.2) is 12.1 Å². The van der Waals surface area contributed by atoms with Crippen molar-refractivity contribution in [2.75, 3.05) is 28.3 Å². The molecule has 1 atom stereocenters. The number of ether oxygens (including phenoxy) is 2. The van der Waals surface area contributed by atoms with Crippen LogP contribution in [0.4, 0.5) is 0 Å². The fourth-order valence-electron chi connectivity index (χ4n) is 1.75. The van der Waals surface area contributed by atoms with Crippen LogP contribution in [-0.2, 0) is 0 Å². The molecule has 0 N–H and O–H groups in total. The molecule has 0 bridgehead atoms. The first-order valence-corrected chi connectivity index (χ1v) is 5.33. The van der Waals surface area contributed by atoms with Crippen LogP contribution < -0.4 is 9.47 Å². The Bertz CT molecular complexity index is 436. The van der Waals surface area contributed by atoms with Gasteiger partial charge < -0.3 is 9.47 Å². The predicted molar refractivity (Wildman–Crippen MR) is 66.3 cm³/mol. The van der Waals surface area contributed by atoms with Gasteiger partial charge in [-0.05, 0) is 38.7 Å². The minimum atomic E-state index is -0.348. The average Bonchev–Trinajstić information content (AvgIpc) is 2.30. The van der Waals surface area contributed by atoms with Crippen LogP contribution in [0.2, 0.25) is 0 Å². The quantitative estimate of drug-likeness (QED) is 0.800. The zero-order chi connectivity index (χ0) is 13.0. The molecule has 92 valence electrons. The van der Waals surface area contributed by atoms with E-state index in [1.54, 1.807) is 14.2 Å². The van der Waals surface area contributed by atoms with E-state index < -0.39 is 0 Å². The first kappa shape index (κ1) is 13.3. The number of nitrogens with zero attached hydrogens (tertiary/aromatic N) is 2. The van der Waals surface area contributed by atoms with E-state index in [1.165, 1.54) is 0 Å². The highest BCUT2D eigenvalue weighted by atomic mass is 16.5. The largest absolute Gasteiger partial charge is 0.496 e. The summed E-state index contributed by atoms with van der Waals surface area (Å²) < 4.78 is 10.6. The average molecular weight is 234 g/mol. The fraction of sp³-hybridized carbons (Fsp3) is 0.462. The lowest BCUT2D eigenvalue weighted by Gasteiger charge is -2.21. The van der Waals surface area contributed by atoms with Crippen LogP contribution in [0.3, 0.4) is 0 Å². The van der Waals surface area contributed by atoms with Crippen molar-refractivity contribution in [2.45, 2.75) is 13.0 Å². The Balaban J connectivity index is 3.35. The molecule has 0 amide bonds. The van der Waals surface area contributed by atoms with Crippen molar-refractivity contribution in [3.63, 3.8) is 0 Å². The predicted octanol–water partition coefficient (Wildman–Crippen LogP) is 2.14. The van der Waals surface area contributed by atoms with E-state index in [4.69, 9.17) is 9.47 Å². The van der Waals surface area contributed by atoms with Gasteiger partial charge in [-0.3, -0.25) is 4.90 Å². The molecule has 0 aromatic heterocycles. The third kappa shape index (κ3) is 2.69. The minimum Gasteiger partial charge on any atom is -0.496 e. The van der Waals surface area contributed by atoms with Crippen molar-refractivity contribution < 1.29 is 9.47 Å². The van der Waals surface area contributed by atoms with E-state index in [-0.39, 0.29) is 6.04 Å². The smallest absolute Gasteiger partial charge is 0.127 e. The van der Waals surface area contributed by atoms with Gasteiger partial charge in [0.1, 0.15) is 17.5 Å². The molecular formula is C13H18N2O2. The standard InChI is InChI=1S/C13H18N2O2/c1-9-6-13(17-5)10(7-12(9)16-4)11(8-14)15(2)3/h6-7,11H,1-5H3. The number of benzene rings is 1. The van der Waals surface area contributed by atoms with Gasteiger partial charge in [0.2, 0.25) is 0 Å². The fourth-order valence-corrected chi connectivity index (χ4v) is 1.75. The lowest BCUT2D eigenvalue weighted by molar-refractivity contribution is 0.336. The van der Waals surface area contributed by atoms with Crippen LogP contribution in [0.5, 0.6) is 11.5 Å². The summed E-state index contributed by atoms with van der Waals surface area (Å²) in [6.45, 7) is 1.95. The molecule has 1 unspecified atom stereocenters. The second-order valence-electron chi connectivity index (χ2n) is 4.06. The first-order chi connectivity index (χ1) is 8.04. The summed E-state index contributed by atoms with van der Waals surface area (Å²) in [5.41, 5.74) is 1.81. The maximum Gasteiger partial charge on any atom is 0.127 e. The molecule has 1 aromatic rings. The van der Waals surface area contributed by atoms with Crippen molar-refractivity contribution >= 4 is 0 Å². The van der Waals surface area contributed by atoms with Gasteiger partial charge in [0, 0.05) is 5.56 Å². The molecule has 0 saturated carbocycles. The molecule has 0 fully saturated rings. The Hall–Kier alpha value is -1.73. The highest BCUT2D eigenvalue weighted by Gasteiger charge is 2.19. The third-order valence-electron chi connectivity index (χ3n) is 2.68. The van der Waals surface area contributed by atoms with Gasteiger partial charge in [-0.1, -0.05) is 0 Å². The highest BCUT2D eigenvalue weighted by molar-refractivity contribution is 5.48. The van der Waals surface area contributed by atoms with Gasteiger partial charge in [-0.15, -0.1) is 0 Å². The first-order valence-electron chi connectivity index (χ1n) is 5.33. The maximum atomic E-state index is 9.21. The number of aryl methyl sites for hydroxylation is 1. The maximum absolute atomic E-state index is 9.21. The zero-order valence-electron chi connectivity index (χ0n) is 10.9. The summed E-state index contributed by atoms with van der Waals surface area (Å²) in [7, 11) is 6.95. The molecule has 0 heterocycles. The Morgan fingerprint density at radius 3 is 2.18 bits per heavy atom. The van der Waals surface area contributed by atoms with Gasteiger partial charge in [0.05, 0.1) is 20.3 Å². The van der Waals surface area contributed by atoms with E-state index in [9.17, 15) is 5.26 Å². The molecule has 0 radical (unpaired) electrons. The minimum absolute atomic E-state index is 0.348. The Morgan fingerprint density at radius 1 is 1.18 bits per heavy atom. The summed E-state index contributed by atoms with van der Waals surface area (Å²) in [6.07, 6.45) is 0. The van der Waals surface area contributed by atoms with E-state index >= 15 is 0 Å². The number of nitriles is 1. The van der Waals surface area contributed by atoms with E-state index in [0.29, 0.717) is 5.75 Å². The molecule has 0 aliphatic rings. The number of hydrogen-bond donors (Lipinski definition) is 0. The molecule has 4 heteroatoms. The summed E-state index contributed by atoms with van der Waals surface area (Å²) in [6, 6.07) is 5.66. The van der Waals surface area contributed by atoms with E-state index in [0.717, 1.165) is 16.9 Å². The Labute approximate surface area is 102 Å². The molecule has 0 aliphatic heterocycles. The molecule has 0 aliphatic carbocycles. The molecule has 4 nitrogen and oxygen atoms in total. The molecule has 1 aromatic carbocycles. The highest BCUT2D eigenvalue weighted by Crippen LogP contribution is 2.33. The molecule has 0 spiro atoms. The molecule has 1 rings (SSSR count). The van der Waals surface area contributed by atoms with Gasteiger partial charge >= 0.3 is 0 Å². The third-order valence-corrected chi connectivity index (χ3v) is 2.68. The lowest BCUT2D eigenvalue weighted by Crippen LogP contribution is -2.19. The van der Waals surface area contributed by atoms with Crippen molar-refractivity contribution in [3.8, 4) is 17.6 Å². The number of hydrogen-bond acceptors (Lipinski definition) is 4. The van der Waals surface area contributed by atoms with Crippen molar-refractivity contribution in [3.05, 3.63) is 23.3 Å². The second-order valence-corrected chi connectivity index (χ2v) is 4.06. The Kier molecular flexibility index (Phi) is 4.36. The zero-order valence-corrected chi connectivity index (χ0v) is 10.9. The molecule has 17 heavy (non-hydrogen) atoms. The van der Waals surface area contributed by atoms with Crippen LogP contribution in [-0.4, -0.2) is 33.2 Å². The summed E-state index contributed by atoms with van der Waals surface area (Å²) in [4.78, 5) is 1.84. The van der Waals surface area contributed by atoms with Crippen LogP contribution >= 0.6 is 0 Å². The van der Waals surface area contributed by atoms with Crippen LogP contribution in [0.1, 0.15) is 17.2 Å². The van der Waals surface area contributed by atoms with Crippen molar-refractivity contribution in [1.82, 2.24) is 4.90 Å². The van der Waals surface area contributed by atoms with Crippen molar-refractivity contribution in [1.29, 1.82) is 5.26 Å². The lowest BCUT2D eigenvalue weighted by atomic mass is 10.0. The van der Waals surface area contributed by atoms with Gasteiger partial charge in [-0.2, -0.15) is 5.26 Å². The van der Waals surface area contributed by atoms with Crippen LogP contribution in [0, 0.1) is 18.3 Å². The SMILES string of the molecule is COc1cc(C(C#N)N(C)C)c(OC)cc1C. The van der Waals surface area contributed by atoms with Gasteiger partial charge in [-0.25, -0.2) is 0 Å². The van der Waals surface area contributed by atoms with E-state index in [2.05, 4.69) is 6.07 Å². The van der Waals surface area contributed by atoms with Crippen LogP contribution in [0.25, 0.3) is 0 Å². The molecule has 0 saturated heterocycles. The second kappa shape index (κ2) is 5.55. The number of methoxy groups -OCH3 is 2. The summed E-state index contributed by atoms with van der Waals surface area (Å²) >= 11 is 0. The summed E-state index contributed by atoms with van der Waals surface area (Å²) in [5, 5.41) is 9.21.